The van der Waals surface area contributed by atoms with E-state index in [1.165, 1.54) is 6.26 Å². The summed E-state index contributed by atoms with van der Waals surface area (Å²) in [7, 11) is 0. The zero-order valence-electron chi connectivity index (χ0n) is 16.2. The van der Waals surface area contributed by atoms with Crippen LogP contribution < -0.4 is 0 Å². The Balaban J connectivity index is 2.96. The fourth-order valence-corrected chi connectivity index (χ4v) is 1.65. The topological polar surface area (TPSA) is 73.8 Å². The molecular weight excluding hydrogens is 344 g/mol. The molecule has 0 aliphatic heterocycles. The Morgan fingerprint density at radius 1 is 0.462 bits per heavy atom. The molecule has 0 spiro atoms. The van der Waals surface area contributed by atoms with E-state index in [1.54, 1.807) is 0 Å². The maximum atomic E-state index is 5.39. The second-order valence-electron chi connectivity index (χ2n) is 4.91. The van der Waals surface area contributed by atoms with E-state index >= 15 is 0 Å². The summed E-state index contributed by atoms with van der Waals surface area (Å²) in [4.78, 5) is 0. The van der Waals surface area contributed by atoms with Crippen LogP contribution >= 0.6 is 0 Å². The summed E-state index contributed by atoms with van der Waals surface area (Å²) in [5.74, 6) is 0. The highest BCUT2D eigenvalue weighted by Crippen LogP contribution is 1.85. The third kappa shape index (κ3) is 23.3. The van der Waals surface area contributed by atoms with E-state index in [-0.39, 0.29) is 0 Å². The van der Waals surface area contributed by atoms with Gasteiger partial charge in [0.1, 0.15) is 6.61 Å². The molecular formula is C18H36O8. The second-order valence-corrected chi connectivity index (χ2v) is 4.91. The average molecular weight is 380 g/mol. The van der Waals surface area contributed by atoms with Crippen LogP contribution in [0.2, 0.25) is 0 Å². The molecule has 8 nitrogen and oxygen atoms in total. The van der Waals surface area contributed by atoms with Gasteiger partial charge in [0.2, 0.25) is 0 Å². The highest BCUT2D eigenvalue weighted by atomic mass is 16.6. The molecule has 0 amide bonds. The molecule has 0 saturated heterocycles. The molecule has 0 radical (unpaired) electrons. The molecule has 0 aromatic heterocycles. The molecule has 0 N–H and O–H groups in total. The fraction of sp³-hybridized carbons (Fsp3) is 0.889. The third-order valence-corrected chi connectivity index (χ3v) is 2.90. The van der Waals surface area contributed by atoms with Gasteiger partial charge in [-0.15, -0.1) is 0 Å². The molecule has 0 aromatic carbocycles. The van der Waals surface area contributed by atoms with E-state index in [0.717, 1.165) is 6.61 Å². The Kier molecular flexibility index (Phi) is 23.6. The lowest BCUT2D eigenvalue weighted by molar-refractivity contribution is -0.0213. The predicted octanol–water partition coefficient (Wildman–Crippen LogP) is 1.28. The molecule has 0 bridgehead atoms. The van der Waals surface area contributed by atoms with Gasteiger partial charge in [0, 0.05) is 6.61 Å². The van der Waals surface area contributed by atoms with E-state index in [2.05, 4.69) is 6.58 Å². The first kappa shape index (κ1) is 25.3. The van der Waals surface area contributed by atoms with Gasteiger partial charge in [0.05, 0.1) is 92.2 Å². The first-order valence-corrected chi connectivity index (χ1v) is 9.18. The van der Waals surface area contributed by atoms with Crippen molar-refractivity contribution in [2.75, 3.05) is 99.1 Å². The number of hydrogen-bond acceptors (Lipinski definition) is 8. The lowest BCUT2D eigenvalue weighted by Gasteiger charge is -2.08. The number of rotatable bonds is 23. The maximum Gasteiger partial charge on any atom is 0.111 e. The minimum absolute atomic E-state index is 0.514. The Bertz CT molecular complexity index is 266. The highest BCUT2D eigenvalue weighted by molar-refractivity contribution is 4.47. The van der Waals surface area contributed by atoms with E-state index in [9.17, 15) is 0 Å². The zero-order chi connectivity index (χ0) is 19.0. The summed E-state index contributed by atoms with van der Waals surface area (Å²) in [6, 6.07) is 0. The summed E-state index contributed by atoms with van der Waals surface area (Å²) in [5.41, 5.74) is 0. The van der Waals surface area contributed by atoms with Gasteiger partial charge in [-0.2, -0.15) is 0 Å². The van der Waals surface area contributed by atoms with Crippen molar-refractivity contribution in [2.24, 2.45) is 0 Å². The first-order chi connectivity index (χ1) is 12.9. The summed E-state index contributed by atoms with van der Waals surface area (Å²) in [6.45, 7) is 13.9. The first-order valence-electron chi connectivity index (χ1n) is 9.18. The summed E-state index contributed by atoms with van der Waals surface area (Å²) in [5, 5.41) is 0. The van der Waals surface area contributed by atoms with Gasteiger partial charge in [0.25, 0.3) is 0 Å². The van der Waals surface area contributed by atoms with E-state index in [0.29, 0.717) is 92.5 Å². The Labute approximate surface area is 157 Å². The molecule has 156 valence electrons. The lowest BCUT2D eigenvalue weighted by Crippen LogP contribution is -2.14. The lowest BCUT2D eigenvalue weighted by atomic mass is 10.6. The minimum Gasteiger partial charge on any atom is -0.499 e. The van der Waals surface area contributed by atoms with Crippen LogP contribution in [0, 0.1) is 0 Å². The molecule has 0 unspecified atom stereocenters. The third-order valence-electron chi connectivity index (χ3n) is 2.90. The Morgan fingerprint density at radius 2 is 0.731 bits per heavy atom. The summed E-state index contributed by atoms with van der Waals surface area (Å²) in [6.07, 6.45) is 1.40. The normalized spacial score (nSPS) is 11.0. The summed E-state index contributed by atoms with van der Waals surface area (Å²) >= 11 is 0. The monoisotopic (exact) mass is 380 g/mol. The van der Waals surface area contributed by atoms with Crippen molar-refractivity contribution in [2.45, 2.75) is 6.92 Å². The van der Waals surface area contributed by atoms with Gasteiger partial charge < -0.3 is 37.9 Å². The molecule has 0 rings (SSSR count). The standard InChI is InChI=1S/C18H36O8/c1-3-19-5-7-21-9-11-23-13-15-25-17-18-26-16-14-24-12-10-22-8-6-20-4-2/h3H,1,4-18H2,2H3. The Morgan fingerprint density at radius 3 is 1.00 bits per heavy atom. The zero-order valence-corrected chi connectivity index (χ0v) is 16.2. The molecule has 0 heterocycles. The van der Waals surface area contributed by atoms with Gasteiger partial charge in [-0.1, -0.05) is 6.58 Å². The van der Waals surface area contributed by atoms with Gasteiger partial charge in [-0.25, -0.2) is 0 Å². The van der Waals surface area contributed by atoms with Gasteiger partial charge in [-0.05, 0) is 6.92 Å². The SMILES string of the molecule is C=COCCOCCOCCOCCOCCOCCOCCOCC. The number of hydrogen-bond donors (Lipinski definition) is 0. The quantitative estimate of drug-likeness (QED) is 0.194. The summed E-state index contributed by atoms with van der Waals surface area (Å²) < 4.78 is 42.2. The molecule has 0 fully saturated rings. The van der Waals surface area contributed by atoms with E-state index in [1.807, 2.05) is 6.92 Å². The van der Waals surface area contributed by atoms with Crippen LogP contribution in [0.15, 0.2) is 12.8 Å². The van der Waals surface area contributed by atoms with Crippen LogP contribution in [-0.2, 0) is 37.9 Å². The van der Waals surface area contributed by atoms with Crippen LogP contribution in [-0.4, -0.2) is 99.1 Å². The van der Waals surface area contributed by atoms with Crippen molar-refractivity contribution in [3.63, 3.8) is 0 Å². The molecule has 0 atom stereocenters. The maximum absolute atomic E-state index is 5.39. The van der Waals surface area contributed by atoms with Crippen molar-refractivity contribution in [3.8, 4) is 0 Å². The van der Waals surface area contributed by atoms with Crippen molar-refractivity contribution >= 4 is 0 Å². The Hall–Kier alpha value is -0.740. The van der Waals surface area contributed by atoms with Crippen LogP contribution in [0.4, 0.5) is 0 Å². The van der Waals surface area contributed by atoms with Gasteiger partial charge in [-0.3, -0.25) is 0 Å². The molecule has 0 saturated carbocycles. The molecule has 0 aromatic rings. The van der Waals surface area contributed by atoms with Crippen molar-refractivity contribution in [1.82, 2.24) is 0 Å². The second kappa shape index (κ2) is 24.3. The van der Waals surface area contributed by atoms with E-state index < -0.39 is 0 Å². The van der Waals surface area contributed by atoms with Crippen molar-refractivity contribution in [1.29, 1.82) is 0 Å². The average Bonchev–Trinajstić information content (AvgIpc) is 2.66. The van der Waals surface area contributed by atoms with Gasteiger partial charge in [0.15, 0.2) is 0 Å². The molecule has 26 heavy (non-hydrogen) atoms. The largest absolute Gasteiger partial charge is 0.499 e. The van der Waals surface area contributed by atoms with Gasteiger partial charge >= 0.3 is 0 Å². The van der Waals surface area contributed by atoms with Crippen molar-refractivity contribution < 1.29 is 37.9 Å². The van der Waals surface area contributed by atoms with Crippen LogP contribution in [0.1, 0.15) is 6.92 Å². The van der Waals surface area contributed by atoms with Crippen molar-refractivity contribution in [3.05, 3.63) is 12.8 Å². The molecule has 8 heteroatoms. The van der Waals surface area contributed by atoms with E-state index in [4.69, 9.17) is 37.9 Å². The van der Waals surface area contributed by atoms with Crippen LogP contribution in [0.25, 0.3) is 0 Å². The predicted molar refractivity (Wildman–Crippen MR) is 97.6 cm³/mol. The molecule has 0 aliphatic rings. The van der Waals surface area contributed by atoms with Crippen LogP contribution in [0.3, 0.4) is 0 Å². The molecule has 0 aliphatic carbocycles. The fourth-order valence-electron chi connectivity index (χ4n) is 1.65. The smallest absolute Gasteiger partial charge is 0.111 e. The minimum atomic E-state index is 0.514. The number of ether oxygens (including phenoxy) is 8. The highest BCUT2D eigenvalue weighted by Gasteiger charge is 1.94. The van der Waals surface area contributed by atoms with Crippen LogP contribution in [0.5, 0.6) is 0 Å².